The Morgan fingerprint density at radius 3 is 2.46 bits per heavy atom. The van der Waals surface area contributed by atoms with E-state index in [1.54, 1.807) is 18.3 Å². The average Bonchev–Trinajstić information content (AvgIpc) is 2.63. The third-order valence-corrected chi connectivity index (χ3v) is 3.72. The predicted octanol–water partition coefficient (Wildman–Crippen LogP) is 2.93. The third kappa shape index (κ3) is 3.41. The SMILES string of the molecule is CC(NC(=O)c1ccc(-c2ccccc2)[nH]c1=O)c1ccccn1. The van der Waals surface area contributed by atoms with Crippen LogP contribution in [0.15, 0.2) is 71.7 Å². The van der Waals surface area contributed by atoms with Gasteiger partial charge >= 0.3 is 0 Å². The van der Waals surface area contributed by atoms with Gasteiger partial charge in [0, 0.05) is 11.9 Å². The van der Waals surface area contributed by atoms with Crippen LogP contribution in [0.2, 0.25) is 0 Å². The van der Waals surface area contributed by atoms with Crippen LogP contribution in [0, 0.1) is 0 Å². The van der Waals surface area contributed by atoms with E-state index in [1.165, 1.54) is 0 Å². The number of rotatable bonds is 4. The molecule has 3 aromatic rings. The van der Waals surface area contributed by atoms with E-state index in [0.29, 0.717) is 5.69 Å². The number of hydrogen-bond acceptors (Lipinski definition) is 3. The molecule has 0 aliphatic rings. The molecule has 1 amide bonds. The summed E-state index contributed by atoms with van der Waals surface area (Å²) >= 11 is 0. The van der Waals surface area contributed by atoms with Gasteiger partial charge in [-0.05, 0) is 36.8 Å². The van der Waals surface area contributed by atoms with Gasteiger partial charge in [-0.3, -0.25) is 14.6 Å². The van der Waals surface area contributed by atoms with Crippen LogP contribution in [0.4, 0.5) is 0 Å². The fourth-order valence-electron chi connectivity index (χ4n) is 2.42. The summed E-state index contributed by atoms with van der Waals surface area (Å²) in [6.45, 7) is 1.83. The fraction of sp³-hybridized carbons (Fsp3) is 0.105. The maximum atomic E-state index is 12.3. The van der Waals surface area contributed by atoms with Crippen LogP contribution in [0.3, 0.4) is 0 Å². The number of hydrogen-bond donors (Lipinski definition) is 2. The minimum Gasteiger partial charge on any atom is -0.344 e. The van der Waals surface area contributed by atoms with E-state index >= 15 is 0 Å². The Labute approximate surface area is 139 Å². The van der Waals surface area contributed by atoms with Gasteiger partial charge in [-0.15, -0.1) is 0 Å². The highest BCUT2D eigenvalue weighted by Gasteiger charge is 2.15. The summed E-state index contributed by atoms with van der Waals surface area (Å²) in [5.74, 6) is -0.422. The Morgan fingerprint density at radius 1 is 1.04 bits per heavy atom. The Balaban J connectivity index is 1.80. The number of pyridine rings is 2. The van der Waals surface area contributed by atoms with Crippen LogP contribution in [0.5, 0.6) is 0 Å². The second kappa shape index (κ2) is 6.91. The zero-order valence-electron chi connectivity index (χ0n) is 13.2. The lowest BCUT2D eigenvalue weighted by Gasteiger charge is -2.13. The van der Waals surface area contributed by atoms with Crippen molar-refractivity contribution in [2.75, 3.05) is 0 Å². The lowest BCUT2D eigenvalue weighted by atomic mass is 10.1. The fourth-order valence-corrected chi connectivity index (χ4v) is 2.42. The molecule has 0 bridgehead atoms. The van der Waals surface area contributed by atoms with Gasteiger partial charge in [-0.2, -0.15) is 0 Å². The zero-order valence-corrected chi connectivity index (χ0v) is 13.2. The number of aromatic amines is 1. The number of carbonyl (C=O) groups is 1. The van der Waals surface area contributed by atoms with Crippen LogP contribution in [0.1, 0.15) is 29.0 Å². The van der Waals surface area contributed by atoms with Gasteiger partial charge in [-0.1, -0.05) is 36.4 Å². The Kier molecular flexibility index (Phi) is 4.52. The number of nitrogens with one attached hydrogen (secondary N) is 2. The van der Waals surface area contributed by atoms with Crippen LogP contribution in [-0.2, 0) is 0 Å². The second-order valence-electron chi connectivity index (χ2n) is 5.43. The molecule has 120 valence electrons. The third-order valence-electron chi connectivity index (χ3n) is 3.72. The molecule has 2 aromatic heterocycles. The number of carbonyl (C=O) groups excluding carboxylic acids is 1. The van der Waals surface area contributed by atoms with E-state index in [-0.39, 0.29) is 11.6 Å². The highest BCUT2D eigenvalue weighted by Crippen LogP contribution is 2.15. The molecule has 24 heavy (non-hydrogen) atoms. The van der Waals surface area contributed by atoms with E-state index in [1.807, 2.05) is 55.5 Å². The molecule has 1 unspecified atom stereocenters. The quantitative estimate of drug-likeness (QED) is 0.776. The molecule has 2 heterocycles. The second-order valence-corrected chi connectivity index (χ2v) is 5.43. The molecule has 5 nitrogen and oxygen atoms in total. The van der Waals surface area contributed by atoms with E-state index in [9.17, 15) is 9.59 Å². The van der Waals surface area contributed by atoms with Crippen molar-refractivity contribution in [2.45, 2.75) is 13.0 Å². The molecule has 2 N–H and O–H groups in total. The molecule has 3 rings (SSSR count). The monoisotopic (exact) mass is 319 g/mol. The normalized spacial score (nSPS) is 11.7. The van der Waals surface area contributed by atoms with E-state index in [4.69, 9.17) is 0 Å². The molecule has 0 aliphatic heterocycles. The van der Waals surface area contributed by atoms with Gasteiger partial charge in [0.1, 0.15) is 5.56 Å². The summed E-state index contributed by atoms with van der Waals surface area (Å²) in [6, 6.07) is 18.0. The van der Waals surface area contributed by atoms with Crippen LogP contribution < -0.4 is 10.9 Å². The first kappa shape index (κ1) is 15.7. The van der Waals surface area contributed by atoms with Gasteiger partial charge in [0.05, 0.1) is 11.7 Å². The number of aromatic nitrogens is 2. The van der Waals surface area contributed by atoms with Crippen molar-refractivity contribution in [1.29, 1.82) is 0 Å². The number of amides is 1. The zero-order chi connectivity index (χ0) is 16.9. The molecule has 0 radical (unpaired) electrons. The Bertz CT molecular complexity index is 889. The molecule has 0 saturated carbocycles. The van der Waals surface area contributed by atoms with Crippen LogP contribution >= 0.6 is 0 Å². The summed E-state index contributed by atoms with van der Waals surface area (Å²) in [4.78, 5) is 31.5. The summed E-state index contributed by atoms with van der Waals surface area (Å²) in [5.41, 5.74) is 1.97. The average molecular weight is 319 g/mol. The van der Waals surface area contributed by atoms with Crippen molar-refractivity contribution < 1.29 is 4.79 Å². The topological polar surface area (TPSA) is 74.8 Å². The maximum Gasteiger partial charge on any atom is 0.261 e. The highest BCUT2D eigenvalue weighted by atomic mass is 16.2. The standard InChI is InChI=1S/C19H17N3O2/c1-13(16-9-5-6-12-20-16)21-18(23)15-10-11-17(22-19(15)24)14-7-3-2-4-8-14/h2-13H,1H3,(H,21,23)(H,22,24). The lowest BCUT2D eigenvalue weighted by Crippen LogP contribution is -2.31. The maximum absolute atomic E-state index is 12.3. The number of nitrogens with zero attached hydrogens (tertiary/aromatic N) is 1. The largest absolute Gasteiger partial charge is 0.344 e. The van der Waals surface area contributed by atoms with Crippen LogP contribution in [0.25, 0.3) is 11.3 Å². The first-order chi connectivity index (χ1) is 11.6. The van der Waals surface area contributed by atoms with Gasteiger partial charge in [0.25, 0.3) is 11.5 Å². The van der Waals surface area contributed by atoms with Crippen LogP contribution in [-0.4, -0.2) is 15.9 Å². The number of benzene rings is 1. The Morgan fingerprint density at radius 2 is 1.79 bits per heavy atom. The van der Waals surface area contributed by atoms with Gasteiger partial charge in [0.2, 0.25) is 0 Å². The van der Waals surface area contributed by atoms with Crippen molar-refractivity contribution in [1.82, 2.24) is 15.3 Å². The van der Waals surface area contributed by atoms with Crippen molar-refractivity contribution in [3.05, 3.63) is 88.5 Å². The van der Waals surface area contributed by atoms with Crippen molar-refractivity contribution in [2.24, 2.45) is 0 Å². The van der Waals surface area contributed by atoms with Crippen molar-refractivity contribution >= 4 is 5.91 Å². The first-order valence-electron chi connectivity index (χ1n) is 7.65. The summed E-state index contributed by atoms with van der Waals surface area (Å²) in [7, 11) is 0. The smallest absolute Gasteiger partial charge is 0.261 e. The molecule has 1 atom stereocenters. The molecule has 0 aliphatic carbocycles. The minimum absolute atomic E-state index is 0.0810. The van der Waals surface area contributed by atoms with Crippen molar-refractivity contribution in [3.63, 3.8) is 0 Å². The summed E-state index contributed by atoms with van der Waals surface area (Å²) in [6.07, 6.45) is 1.67. The molecule has 5 heteroatoms. The predicted molar refractivity (Wildman–Crippen MR) is 92.6 cm³/mol. The highest BCUT2D eigenvalue weighted by molar-refractivity contribution is 5.94. The van der Waals surface area contributed by atoms with Gasteiger partial charge < -0.3 is 10.3 Å². The molecule has 0 fully saturated rings. The van der Waals surface area contributed by atoms with Gasteiger partial charge in [0.15, 0.2) is 0 Å². The minimum atomic E-state index is -0.422. The molecule has 0 saturated heterocycles. The molecular weight excluding hydrogens is 302 g/mol. The lowest BCUT2D eigenvalue weighted by molar-refractivity contribution is 0.0937. The molecule has 1 aromatic carbocycles. The van der Waals surface area contributed by atoms with Crippen molar-refractivity contribution in [3.8, 4) is 11.3 Å². The summed E-state index contributed by atoms with van der Waals surface area (Å²) < 4.78 is 0. The molecular formula is C19H17N3O2. The van der Waals surface area contributed by atoms with Gasteiger partial charge in [-0.25, -0.2) is 0 Å². The van der Waals surface area contributed by atoms with E-state index < -0.39 is 11.5 Å². The van der Waals surface area contributed by atoms with E-state index in [0.717, 1.165) is 11.3 Å². The first-order valence-corrected chi connectivity index (χ1v) is 7.65. The Hall–Kier alpha value is -3.21. The molecule has 0 spiro atoms. The summed E-state index contributed by atoms with van der Waals surface area (Å²) in [5, 5.41) is 2.79. The number of H-pyrrole nitrogens is 1. The van der Waals surface area contributed by atoms with E-state index in [2.05, 4.69) is 15.3 Å².